The number of benzene rings is 1. The minimum absolute atomic E-state index is 0.325. The summed E-state index contributed by atoms with van der Waals surface area (Å²) < 4.78 is 27.2. The highest BCUT2D eigenvalue weighted by molar-refractivity contribution is 7.89. The second-order valence-corrected chi connectivity index (χ2v) is 7.12. The highest BCUT2D eigenvalue weighted by atomic mass is 32.2. The number of anilines is 1. The highest BCUT2D eigenvalue weighted by Crippen LogP contribution is 2.30. The van der Waals surface area contributed by atoms with E-state index in [4.69, 9.17) is 5.73 Å². The first-order valence-corrected chi connectivity index (χ1v) is 8.07. The topological polar surface area (TPSA) is 63.4 Å². The Morgan fingerprint density at radius 3 is 2.30 bits per heavy atom. The van der Waals surface area contributed by atoms with Gasteiger partial charge in [-0.15, -0.1) is 0 Å². The standard InChI is InChI=1S/C15H24N2O2S/c1-7-17(9-10(2)3)20(18,19)15-12(5)11(4)8-14(16)13(15)6/h8H,2,7,9,16H2,1,3-6H3. The summed E-state index contributed by atoms with van der Waals surface area (Å²) in [5.41, 5.74) is 9.52. The Balaban J connectivity index is 3.53. The van der Waals surface area contributed by atoms with E-state index < -0.39 is 10.0 Å². The summed E-state index contributed by atoms with van der Waals surface area (Å²) in [5.74, 6) is 0. The quantitative estimate of drug-likeness (QED) is 0.671. The molecule has 4 nitrogen and oxygen atoms in total. The van der Waals surface area contributed by atoms with Gasteiger partial charge >= 0.3 is 0 Å². The fraction of sp³-hybridized carbons (Fsp3) is 0.467. The molecule has 1 rings (SSSR count). The van der Waals surface area contributed by atoms with Crippen LogP contribution >= 0.6 is 0 Å². The lowest BCUT2D eigenvalue weighted by Gasteiger charge is -2.24. The Bertz CT molecular complexity index is 608. The van der Waals surface area contributed by atoms with Crippen LogP contribution in [0.3, 0.4) is 0 Å². The first kappa shape index (κ1) is 16.7. The first-order chi connectivity index (χ1) is 9.12. The van der Waals surface area contributed by atoms with Crippen LogP contribution < -0.4 is 5.73 Å². The monoisotopic (exact) mass is 296 g/mol. The van der Waals surface area contributed by atoms with Crippen LogP contribution in [0.1, 0.15) is 30.5 Å². The Morgan fingerprint density at radius 2 is 1.85 bits per heavy atom. The van der Waals surface area contributed by atoms with Crippen molar-refractivity contribution < 1.29 is 8.42 Å². The molecule has 112 valence electrons. The van der Waals surface area contributed by atoms with Gasteiger partial charge in [-0.1, -0.05) is 19.1 Å². The summed E-state index contributed by atoms with van der Waals surface area (Å²) in [4.78, 5) is 0.332. The van der Waals surface area contributed by atoms with E-state index in [-0.39, 0.29) is 0 Å². The van der Waals surface area contributed by atoms with Gasteiger partial charge in [0.05, 0.1) is 4.90 Å². The molecule has 0 radical (unpaired) electrons. The van der Waals surface area contributed by atoms with Gasteiger partial charge in [0, 0.05) is 18.8 Å². The fourth-order valence-corrected chi connectivity index (χ4v) is 4.27. The number of hydrogen-bond acceptors (Lipinski definition) is 3. The van der Waals surface area contributed by atoms with Crippen molar-refractivity contribution in [2.45, 2.75) is 39.5 Å². The Labute approximate surface area is 122 Å². The van der Waals surface area contributed by atoms with E-state index in [1.54, 1.807) is 6.92 Å². The number of aryl methyl sites for hydroxylation is 1. The number of nitrogen functional groups attached to an aromatic ring is 1. The molecule has 0 unspecified atom stereocenters. The van der Waals surface area contributed by atoms with E-state index in [2.05, 4.69) is 6.58 Å². The maximum Gasteiger partial charge on any atom is 0.243 e. The number of rotatable bonds is 5. The number of sulfonamides is 1. The van der Waals surface area contributed by atoms with Crippen molar-refractivity contribution in [3.05, 3.63) is 34.9 Å². The van der Waals surface area contributed by atoms with Crippen molar-refractivity contribution >= 4 is 15.7 Å². The van der Waals surface area contributed by atoms with Gasteiger partial charge in [0.25, 0.3) is 0 Å². The molecule has 0 saturated carbocycles. The molecule has 0 fully saturated rings. The maximum absolute atomic E-state index is 12.9. The second-order valence-electron chi connectivity index (χ2n) is 5.25. The van der Waals surface area contributed by atoms with E-state index in [1.165, 1.54) is 4.31 Å². The Hall–Kier alpha value is -1.33. The number of hydrogen-bond donors (Lipinski definition) is 1. The molecule has 0 bridgehead atoms. The van der Waals surface area contributed by atoms with E-state index in [0.717, 1.165) is 16.7 Å². The summed E-state index contributed by atoms with van der Waals surface area (Å²) in [6, 6.07) is 1.82. The third-order valence-electron chi connectivity index (χ3n) is 3.47. The van der Waals surface area contributed by atoms with E-state index in [0.29, 0.717) is 29.2 Å². The van der Waals surface area contributed by atoms with Crippen LogP contribution in [0.25, 0.3) is 0 Å². The van der Waals surface area contributed by atoms with E-state index >= 15 is 0 Å². The van der Waals surface area contributed by atoms with Crippen LogP contribution in [0, 0.1) is 20.8 Å². The fourth-order valence-electron chi connectivity index (χ4n) is 2.23. The van der Waals surface area contributed by atoms with Gasteiger partial charge in [-0.3, -0.25) is 0 Å². The van der Waals surface area contributed by atoms with Gasteiger partial charge in [0.15, 0.2) is 0 Å². The summed E-state index contributed by atoms with van der Waals surface area (Å²) in [6.07, 6.45) is 0. The maximum atomic E-state index is 12.9. The molecule has 1 aromatic rings. The van der Waals surface area contributed by atoms with Crippen molar-refractivity contribution in [3.63, 3.8) is 0 Å². The SMILES string of the molecule is C=C(C)CN(CC)S(=O)(=O)c1c(C)c(C)cc(N)c1C. The third-order valence-corrected chi connectivity index (χ3v) is 5.67. The average Bonchev–Trinajstić information content (AvgIpc) is 2.33. The molecular formula is C15H24N2O2S. The molecule has 0 heterocycles. The summed E-state index contributed by atoms with van der Waals surface area (Å²) >= 11 is 0. The van der Waals surface area contributed by atoms with E-state index in [9.17, 15) is 8.42 Å². The second kappa shape index (κ2) is 5.97. The summed E-state index contributed by atoms with van der Waals surface area (Å²) in [6.45, 7) is 13.6. The van der Waals surface area contributed by atoms with Crippen LogP contribution in [0.4, 0.5) is 5.69 Å². The number of nitrogens with two attached hydrogens (primary N) is 1. The molecule has 5 heteroatoms. The van der Waals surface area contributed by atoms with Crippen LogP contribution in [-0.4, -0.2) is 25.8 Å². The Kier molecular flexibility index (Phi) is 5.00. The van der Waals surface area contributed by atoms with Crippen molar-refractivity contribution in [3.8, 4) is 0 Å². The third kappa shape index (κ3) is 3.04. The zero-order valence-electron chi connectivity index (χ0n) is 12.9. The summed E-state index contributed by atoms with van der Waals surface area (Å²) in [5, 5.41) is 0. The van der Waals surface area contributed by atoms with Crippen LogP contribution in [0.2, 0.25) is 0 Å². The molecule has 0 amide bonds. The molecule has 2 N–H and O–H groups in total. The lowest BCUT2D eigenvalue weighted by Crippen LogP contribution is -2.33. The zero-order chi connectivity index (χ0) is 15.7. The van der Waals surface area contributed by atoms with Gasteiger partial charge in [0.1, 0.15) is 0 Å². The highest BCUT2D eigenvalue weighted by Gasteiger charge is 2.28. The molecular weight excluding hydrogens is 272 g/mol. The van der Waals surface area contributed by atoms with Crippen LogP contribution in [0.5, 0.6) is 0 Å². The summed E-state index contributed by atoms with van der Waals surface area (Å²) in [7, 11) is -3.56. The number of likely N-dealkylation sites (N-methyl/N-ethyl adjacent to an activating group) is 1. The number of nitrogens with zero attached hydrogens (tertiary/aromatic N) is 1. The van der Waals surface area contributed by atoms with Gasteiger partial charge in [-0.2, -0.15) is 4.31 Å². The molecule has 20 heavy (non-hydrogen) atoms. The predicted octanol–water partition coefficient (Wildman–Crippen LogP) is 2.78. The minimum Gasteiger partial charge on any atom is -0.398 e. The predicted molar refractivity (Wildman–Crippen MR) is 84.3 cm³/mol. The van der Waals surface area contributed by atoms with Gasteiger partial charge in [-0.05, 0) is 50.5 Å². The van der Waals surface area contributed by atoms with Crippen LogP contribution in [-0.2, 0) is 10.0 Å². The molecule has 1 aromatic carbocycles. The van der Waals surface area contributed by atoms with Gasteiger partial charge in [-0.25, -0.2) is 8.42 Å². The molecule has 0 saturated heterocycles. The first-order valence-electron chi connectivity index (χ1n) is 6.63. The largest absolute Gasteiger partial charge is 0.398 e. The Morgan fingerprint density at radius 1 is 1.30 bits per heavy atom. The zero-order valence-corrected chi connectivity index (χ0v) is 13.8. The van der Waals surface area contributed by atoms with Gasteiger partial charge < -0.3 is 5.73 Å². The molecule has 0 aliphatic rings. The van der Waals surface area contributed by atoms with Gasteiger partial charge in [0.2, 0.25) is 10.0 Å². The molecule has 0 spiro atoms. The molecule has 0 aromatic heterocycles. The van der Waals surface area contributed by atoms with Crippen LogP contribution in [0.15, 0.2) is 23.1 Å². The molecule has 0 aliphatic carbocycles. The van der Waals surface area contributed by atoms with Crippen molar-refractivity contribution in [1.29, 1.82) is 0 Å². The van der Waals surface area contributed by atoms with E-state index in [1.807, 2.05) is 33.8 Å². The molecule has 0 atom stereocenters. The molecule has 0 aliphatic heterocycles. The lowest BCUT2D eigenvalue weighted by atomic mass is 10.1. The van der Waals surface area contributed by atoms with Crippen molar-refractivity contribution in [2.24, 2.45) is 0 Å². The smallest absolute Gasteiger partial charge is 0.243 e. The van der Waals surface area contributed by atoms with Crippen molar-refractivity contribution in [2.75, 3.05) is 18.8 Å². The lowest BCUT2D eigenvalue weighted by molar-refractivity contribution is 0.452. The normalized spacial score (nSPS) is 11.9. The average molecular weight is 296 g/mol. The minimum atomic E-state index is -3.56. The van der Waals surface area contributed by atoms with Crippen molar-refractivity contribution in [1.82, 2.24) is 4.31 Å².